The maximum Gasteiger partial charge on any atom is 0.275 e. The third-order valence-electron chi connectivity index (χ3n) is 5.05. The molecule has 0 aliphatic rings. The first kappa shape index (κ1) is 21.6. The van der Waals surface area contributed by atoms with Crippen LogP contribution in [-0.4, -0.2) is 35.5 Å². The number of nitrogens with zero attached hydrogens (tertiary/aromatic N) is 1. The summed E-state index contributed by atoms with van der Waals surface area (Å²) in [6, 6.07) is 13.8. The minimum absolute atomic E-state index is 0.0967. The van der Waals surface area contributed by atoms with Crippen LogP contribution >= 0.6 is 0 Å². The van der Waals surface area contributed by atoms with Gasteiger partial charge in [0, 0.05) is 6.54 Å². The van der Waals surface area contributed by atoms with Crippen LogP contribution in [0.3, 0.4) is 0 Å². The second-order valence-corrected chi connectivity index (χ2v) is 7.43. The Morgan fingerprint density at radius 3 is 2.73 bits per heavy atom. The monoisotopic (exact) mass is 411 g/mol. The number of aromatic nitrogens is 2. The first-order valence-electron chi connectivity index (χ1n) is 10.4. The van der Waals surface area contributed by atoms with Crippen molar-refractivity contribution in [1.29, 1.82) is 0 Å². The molecule has 3 N–H and O–H groups in total. The van der Waals surface area contributed by atoms with Gasteiger partial charge in [0.1, 0.15) is 12.4 Å². The molecule has 0 aliphatic carbocycles. The number of carbonyl (C=O) groups is 1. The number of quaternary nitrogens is 1. The average molecular weight is 412 g/mol. The number of amides is 1. The van der Waals surface area contributed by atoms with E-state index in [0.717, 1.165) is 24.3 Å². The van der Waals surface area contributed by atoms with Crippen molar-refractivity contribution in [3.63, 3.8) is 0 Å². The van der Waals surface area contributed by atoms with E-state index < -0.39 is 0 Å². The summed E-state index contributed by atoms with van der Waals surface area (Å²) in [5.74, 6) is 0.220. The van der Waals surface area contributed by atoms with Gasteiger partial charge < -0.3 is 15.2 Å². The molecule has 0 saturated carbocycles. The van der Waals surface area contributed by atoms with Gasteiger partial charge in [-0.3, -0.25) is 9.59 Å². The van der Waals surface area contributed by atoms with Gasteiger partial charge in [-0.25, -0.2) is 9.37 Å². The van der Waals surface area contributed by atoms with Gasteiger partial charge in [-0.15, -0.1) is 0 Å². The Morgan fingerprint density at radius 1 is 1.17 bits per heavy atom. The molecule has 1 heterocycles. The number of halogens is 1. The fourth-order valence-corrected chi connectivity index (χ4v) is 3.45. The Labute approximate surface area is 175 Å². The van der Waals surface area contributed by atoms with Gasteiger partial charge in [0.15, 0.2) is 12.4 Å². The molecule has 0 saturated heterocycles. The molecule has 3 rings (SSSR count). The molecule has 7 heteroatoms. The smallest absolute Gasteiger partial charge is 0.275 e. The van der Waals surface area contributed by atoms with Crippen molar-refractivity contribution < 1.29 is 14.1 Å². The number of benzene rings is 2. The predicted octanol–water partition coefficient (Wildman–Crippen LogP) is 1.61. The molecule has 0 fully saturated rings. The summed E-state index contributed by atoms with van der Waals surface area (Å²) >= 11 is 0. The van der Waals surface area contributed by atoms with E-state index in [1.54, 1.807) is 24.3 Å². The zero-order valence-electron chi connectivity index (χ0n) is 17.2. The van der Waals surface area contributed by atoms with E-state index in [-0.39, 0.29) is 23.8 Å². The molecule has 30 heavy (non-hydrogen) atoms. The Morgan fingerprint density at radius 2 is 1.93 bits per heavy atom. The van der Waals surface area contributed by atoms with Crippen molar-refractivity contribution in [1.82, 2.24) is 15.3 Å². The topological polar surface area (TPSA) is 79.3 Å². The van der Waals surface area contributed by atoms with E-state index in [9.17, 15) is 14.0 Å². The van der Waals surface area contributed by atoms with Crippen molar-refractivity contribution in [3.8, 4) is 0 Å². The summed E-state index contributed by atoms with van der Waals surface area (Å²) in [6.07, 6.45) is 2.43. The zero-order valence-corrected chi connectivity index (χ0v) is 17.2. The highest BCUT2D eigenvalue weighted by Gasteiger charge is 2.16. The molecular formula is C23H28FN4O2+. The second-order valence-electron chi connectivity index (χ2n) is 7.43. The Balaban J connectivity index is 1.60. The van der Waals surface area contributed by atoms with Crippen LogP contribution in [0.25, 0.3) is 10.9 Å². The van der Waals surface area contributed by atoms with E-state index >= 15 is 0 Å². The summed E-state index contributed by atoms with van der Waals surface area (Å²) in [5, 5.41) is 3.43. The van der Waals surface area contributed by atoms with Gasteiger partial charge in [0.2, 0.25) is 0 Å². The van der Waals surface area contributed by atoms with Crippen LogP contribution < -0.4 is 15.8 Å². The lowest BCUT2D eigenvalue weighted by Gasteiger charge is -2.18. The fraction of sp³-hybridized carbons (Fsp3) is 0.348. The van der Waals surface area contributed by atoms with Gasteiger partial charge in [-0.05, 0) is 36.6 Å². The molecule has 1 atom stereocenters. The van der Waals surface area contributed by atoms with Gasteiger partial charge >= 0.3 is 0 Å². The van der Waals surface area contributed by atoms with Crippen LogP contribution in [0.2, 0.25) is 0 Å². The van der Waals surface area contributed by atoms with E-state index in [1.165, 1.54) is 6.07 Å². The lowest BCUT2D eigenvalue weighted by molar-refractivity contribution is -0.906. The Kier molecular flexibility index (Phi) is 7.68. The molecule has 1 amide bonds. The molecule has 1 aromatic heterocycles. The molecule has 2 aromatic carbocycles. The minimum atomic E-state index is -0.256. The number of carbonyl (C=O) groups excluding carboxylic acids is 1. The van der Waals surface area contributed by atoms with Crippen molar-refractivity contribution in [2.75, 3.05) is 19.6 Å². The summed E-state index contributed by atoms with van der Waals surface area (Å²) in [4.78, 5) is 33.2. The van der Waals surface area contributed by atoms with Gasteiger partial charge in [0.05, 0.1) is 17.4 Å². The SMILES string of the molecule is CCCC[NH+](CC(=O)NCCc1ccccc1F)Cc1nc2ccccc2c(=O)[nH]1. The average Bonchev–Trinajstić information content (AvgIpc) is 2.73. The first-order valence-corrected chi connectivity index (χ1v) is 10.4. The highest BCUT2D eigenvalue weighted by molar-refractivity contribution is 5.77. The van der Waals surface area contributed by atoms with Crippen LogP contribution in [0.1, 0.15) is 31.2 Å². The number of unbranched alkanes of at least 4 members (excludes halogenated alkanes) is 1. The highest BCUT2D eigenvalue weighted by Crippen LogP contribution is 2.06. The molecule has 158 valence electrons. The van der Waals surface area contributed by atoms with Gasteiger partial charge in [-0.2, -0.15) is 0 Å². The summed E-state index contributed by atoms with van der Waals surface area (Å²) in [5.41, 5.74) is 1.08. The Hall–Kier alpha value is -3.06. The first-order chi connectivity index (χ1) is 14.6. The molecule has 0 radical (unpaired) electrons. The maximum absolute atomic E-state index is 13.7. The molecular weight excluding hydrogens is 383 g/mol. The third-order valence-corrected chi connectivity index (χ3v) is 5.05. The molecule has 3 aromatic rings. The molecule has 6 nitrogen and oxygen atoms in total. The largest absolute Gasteiger partial charge is 0.351 e. The number of aromatic amines is 1. The third kappa shape index (κ3) is 5.97. The van der Waals surface area contributed by atoms with Crippen LogP contribution in [0.4, 0.5) is 4.39 Å². The van der Waals surface area contributed by atoms with E-state index in [0.29, 0.717) is 41.8 Å². The standard InChI is InChI=1S/C23H27FN4O2/c1-2-3-14-28(15-21-26-20-11-7-5-9-18(20)23(30)27-21)16-22(29)25-13-12-17-8-4-6-10-19(17)24/h4-11H,2-3,12-16H2,1H3,(H,25,29)(H,26,27,30)/p+1. The number of H-pyrrole nitrogens is 1. The number of nitrogens with one attached hydrogen (secondary N) is 3. The zero-order chi connectivity index (χ0) is 21.3. The maximum atomic E-state index is 13.7. The predicted molar refractivity (Wildman–Crippen MR) is 115 cm³/mol. The van der Waals surface area contributed by atoms with E-state index in [1.807, 2.05) is 18.2 Å². The molecule has 0 spiro atoms. The number of para-hydroxylation sites is 1. The lowest BCUT2D eigenvalue weighted by atomic mass is 10.1. The molecule has 0 aliphatic heterocycles. The highest BCUT2D eigenvalue weighted by atomic mass is 19.1. The van der Waals surface area contributed by atoms with Crippen molar-refractivity contribution in [2.45, 2.75) is 32.7 Å². The summed E-state index contributed by atoms with van der Waals surface area (Å²) < 4.78 is 13.7. The Bertz CT molecular complexity index is 1050. The van der Waals surface area contributed by atoms with Crippen molar-refractivity contribution in [2.24, 2.45) is 0 Å². The van der Waals surface area contributed by atoms with Crippen LogP contribution in [0.15, 0.2) is 53.3 Å². The second kappa shape index (κ2) is 10.6. The molecule has 1 unspecified atom stereocenters. The number of hydrogen-bond acceptors (Lipinski definition) is 3. The number of rotatable bonds is 10. The van der Waals surface area contributed by atoms with Gasteiger partial charge in [0.25, 0.3) is 11.5 Å². The minimum Gasteiger partial charge on any atom is -0.351 e. The van der Waals surface area contributed by atoms with Crippen LogP contribution in [0, 0.1) is 5.82 Å². The normalized spacial score (nSPS) is 12.1. The summed E-state index contributed by atoms with van der Waals surface area (Å²) in [7, 11) is 0. The van der Waals surface area contributed by atoms with Crippen LogP contribution in [0.5, 0.6) is 0 Å². The number of hydrogen-bond donors (Lipinski definition) is 3. The molecule has 0 bridgehead atoms. The van der Waals surface area contributed by atoms with Gasteiger partial charge in [-0.1, -0.05) is 43.7 Å². The quantitative estimate of drug-likeness (QED) is 0.474. The van der Waals surface area contributed by atoms with Crippen molar-refractivity contribution in [3.05, 3.63) is 76.1 Å². The van der Waals surface area contributed by atoms with Crippen molar-refractivity contribution >= 4 is 16.8 Å². The van der Waals surface area contributed by atoms with E-state index in [2.05, 4.69) is 22.2 Å². The fourth-order valence-electron chi connectivity index (χ4n) is 3.45. The van der Waals surface area contributed by atoms with E-state index in [4.69, 9.17) is 0 Å². The summed E-state index contributed by atoms with van der Waals surface area (Å²) in [6.45, 7) is 4.01. The lowest BCUT2D eigenvalue weighted by Crippen LogP contribution is -3.12. The van der Waals surface area contributed by atoms with Crippen LogP contribution in [-0.2, 0) is 17.8 Å². The number of fused-ring (bicyclic) bond motifs is 1.